The van der Waals surface area contributed by atoms with Crippen LogP contribution in [0.1, 0.15) is 90.4 Å². The molecule has 0 unspecified atom stereocenters. The van der Waals surface area contributed by atoms with E-state index in [0.29, 0.717) is 6.42 Å². The molecular formula is C18H37INO4P. The monoisotopic (exact) mass is 489 g/mol. The summed E-state index contributed by atoms with van der Waals surface area (Å²) >= 11 is 1.98. The fourth-order valence-corrected chi connectivity index (χ4v) is 3.44. The predicted octanol–water partition coefficient (Wildman–Crippen LogP) is 6.05. The Labute approximate surface area is 168 Å². The van der Waals surface area contributed by atoms with Crippen LogP contribution in [0.15, 0.2) is 12.2 Å². The first-order valence-corrected chi connectivity index (χ1v) is 12.3. The fourth-order valence-electron chi connectivity index (χ4n) is 2.64. The van der Waals surface area contributed by atoms with Gasteiger partial charge in [-0.05, 0) is 19.3 Å². The first-order valence-electron chi connectivity index (χ1n) is 9.70. The Morgan fingerprint density at radius 1 is 0.960 bits per heavy atom. The topological polar surface area (TPSA) is 78.8 Å². The highest BCUT2D eigenvalue weighted by Crippen LogP contribution is 2.35. The van der Waals surface area contributed by atoms with Crippen LogP contribution < -0.4 is 3.53 Å². The molecule has 0 radical (unpaired) electrons. The molecule has 0 heterocycles. The molecule has 0 saturated heterocycles. The van der Waals surface area contributed by atoms with Crippen molar-refractivity contribution in [2.24, 2.45) is 0 Å². The van der Waals surface area contributed by atoms with Gasteiger partial charge in [-0.1, -0.05) is 83.3 Å². The molecule has 1 atom stereocenters. The Morgan fingerprint density at radius 3 is 1.96 bits per heavy atom. The first-order chi connectivity index (χ1) is 12.0. The van der Waals surface area contributed by atoms with E-state index in [-0.39, 0.29) is 12.6 Å². The molecule has 0 aliphatic heterocycles. The molecule has 150 valence electrons. The molecule has 0 aromatic carbocycles. The van der Waals surface area contributed by atoms with E-state index in [9.17, 15) is 4.57 Å². The van der Waals surface area contributed by atoms with Gasteiger partial charge in [0.25, 0.3) is 0 Å². The number of allylic oxidation sites excluding steroid dienone is 1. The van der Waals surface area contributed by atoms with Gasteiger partial charge in [0, 0.05) is 28.9 Å². The van der Waals surface area contributed by atoms with Gasteiger partial charge >= 0.3 is 7.82 Å². The molecule has 0 saturated carbocycles. The number of nitrogens with one attached hydrogen (secondary N) is 1. The van der Waals surface area contributed by atoms with Crippen LogP contribution in [0.5, 0.6) is 0 Å². The van der Waals surface area contributed by atoms with E-state index in [0.717, 1.165) is 6.42 Å². The Balaban J connectivity index is 3.40. The van der Waals surface area contributed by atoms with Gasteiger partial charge in [-0.2, -0.15) is 0 Å². The first kappa shape index (κ1) is 25.5. The normalized spacial score (nSPS) is 13.6. The molecule has 7 heteroatoms. The molecule has 5 nitrogen and oxygen atoms in total. The molecular weight excluding hydrogens is 452 g/mol. The Hall–Kier alpha value is 0.540. The summed E-state index contributed by atoms with van der Waals surface area (Å²) in [6, 6.07) is -0.0817. The van der Waals surface area contributed by atoms with Gasteiger partial charge < -0.3 is 9.79 Å². The molecule has 3 N–H and O–H groups in total. The fraction of sp³-hybridized carbons (Fsp3) is 0.889. The van der Waals surface area contributed by atoms with Gasteiger partial charge in [-0.15, -0.1) is 0 Å². The van der Waals surface area contributed by atoms with Crippen LogP contribution in [0.25, 0.3) is 0 Å². The van der Waals surface area contributed by atoms with E-state index in [1.807, 2.05) is 22.9 Å². The van der Waals surface area contributed by atoms with Gasteiger partial charge in [-0.3, -0.25) is 8.05 Å². The van der Waals surface area contributed by atoms with Crippen molar-refractivity contribution in [2.75, 3.05) is 6.61 Å². The van der Waals surface area contributed by atoms with Crippen LogP contribution in [0, 0.1) is 0 Å². The summed E-state index contributed by atoms with van der Waals surface area (Å²) < 4.78 is 18.2. The predicted molar refractivity (Wildman–Crippen MR) is 114 cm³/mol. The maximum Gasteiger partial charge on any atom is 0.469 e. The van der Waals surface area contributed by atoms with E-state index < -0.39 is 7.82 Å². The number of rotatable bonds is 18. The van der Waals surface area contributed by atoms with Crippen LogP contribution >= 0.6 is 30.7 Å². The standard InChI is InChI=1S/C18H37INO4P/c1-2-3-4-5-6-7-8-9-10-11-12-13-14-15-16-18(20-19)17-24-25(21,22)23/h14-15,18,20H,2-13,16-17H2,1H3,(H2,21,22,23)/b15-14+/t18-/m1/s1. The summed E-state index contributed by atoms with van der Waals surface area (Å²) in [4.78, 5) is 17.4. The third-order valence-electron chi connectivity index (χ3n) is 4.16. The second-order valence-corrected chi connectivity index (χ2v) is 8.49. The van der Waals surface area contributed by atoms with Gasteiger partial charge in [0.15, 0.2) is 0 Å². The largest absolute Gasteiger partial charge is 0.469 e. The number of phosphoric acid groups is 1. The van der Waals surface area contributed by atoms with Gasteiger partial charge in [0.05, 0.1) is 6.61 Å². The summed E-state index contributed by atoms with van der Waals surface area (Å²) in [6.45, 7) is 2.27. The molecule has 25 heavy (non-hydrogen) atoms. The van der Waals surface area contributed by atoms with Gasteiger partial charge in [0.2, 0.25) is 0 Å². The Bertz CT molecular complexity index is 363. The van der Waals surface area contributed by atoms with Crippen molar-refractivity contribution in [1.82, 2.24) is 3.53 Å². The molecule has 0 amide bonds. The summed E-state index contributed by atoms with van der Waals surface area (Å²) in [5.41, 5.74) is 0. The molecule has 0 bridgehead atoms. The van der Waals surface area contributed by atoms with E-state index >= 15 is 0 Å². The maximum absolute atomic E-state index is 10.7. The highest BCUT2D eigenvalue weighted by molar-refractivity contribution is 14.1. The van der Waals surface area contributed by atoms with Crippen LogP contribution in [0.3, 0.4) is 0 Å². The molecule has 0 aromatic heterocycles. The molecule has 0 spiro atoms. The van der Waals surface area contributed by atoms with E-state index in [2.05, 4.69) is 27.1 Å². The number of halogens is 1. The second kappa shape index (κ2) is 17.9. The molecule has 0 aromatic rings. The molecule has 0 fully saturated rings. The van der Waals surface area contributed by atoms with Crippen molar-refractivity contribution in [1.29, 1.82) is 0 Å². The van der Waals surface area contributed by atoms with Crippen molar-refractivity contribution in [3.8, 4) is 0 Å². The summed E-state index contributed by atoms with van der Waals surface area (Å²) in [6.07, 6.45) is 20.9. The second-order valence-electron chi connectivity index (χ2n) is 6.62. The van der Waals surface area contributed by atoms with Crippen molar-refractivity contribution >= 4 is 30.7 Å². The summed E-state index contributed by atoms with van der Waals surface area (Å²) in [5.74, 6) is 0. The minimum Gasteiger partial charge on any atom is -0.303 e. The van der Waals surface area contributed by atoms with Crippen LogP contribution in [-0.2, 0) is 9.09 Å². The Morgan fingerprint density at radius 2 is 1.48 bits per heavy atom. The smallest absolute Gasteiger partial charge is 0.303 e. The molecule has 0 aliphatic carbocycles. The van der Waals surface area contributed by atoms with E-state index in [4.69, 9.17) is 9.79 Å². The highest BCUT2D eigenvalue weighted by atomic mass is 127. The van der Waals surface area contributed by atoms with E-state index in [1.165, 1.54) is 70.6 Å². The zero-order chi connectivity index (χ0) is 18.8. The van der Waals surface area contributed by atoms with Crippen molar-refractivity contribution < 1.29 is 18.9 Å². The minimum absolute atomic E-state index is 0.00992. The minimum atomic E-state index is -4.37. The summed E-state index contributed by atoms with van der Waals surface area (Å²) in [5, 5.41) is 0. The highest BCUT2D eigenvalue weighted by Gasteiger charge is 2.16. The lowest BCUT2D eigenvalue weighted by molar-refractivity contribution is 0.184. The van der Waals surface area contributed by atoms with Crippen LogP contribution in [-0.4, -0.2) is 22.4 Å². The van der Waals surface area contributed by atoms with E-state index in [1.54, 1.807) is 0 Å². The number of phosphoric ester groups is 1. The Kier molecular flexibility index (Phi) is 18.3. The van der Waals surface area contributed by atoms with Gasteiger partial charge in [-0.25, -0.2) is 4.57 Å². The van der Waals surface area contributed by atoms with Gasteiger partial charge in [0.1, 0.15) is 0 Å². The van der Waals surface area contributed by atoms with Crippen LogP contribution in [0.4, 0.5) is 0 Å². The third kappa shape index (κ3) is 20.7. The van der Waals surface area contributed by atoms with Crippen LogP contribution in [0.2, 0.25) is 0 Å². The number of hydrogen-bond donors (Lipinski definition) is 3. The zero-order valence-corrected chi connectivity index (χ0v) is 18.7. The SMILES string of the molecule is CCCCCCCCCCCCC/C=C/C[C@H](COP(=O)(O)O)NI. The lowest BCUT2D eigenvalue weighted by Gasteiger charge is -2.13. The van der Waals surface area contributed by atoms with Crippen molar-refractivity contribution in [2.45, 2.75) is 96.4 Å². The van der Waals surface area contributed by atoms with Crippen molar-refractivity contribution in [3.05, 3.63) is 12.2 Å². The molecule has 0 aliphatic rings. The quantitative estimate of drug-likeness (QED) is 0.0718. The maximum atomic E-state index is 10.7. The third-order valence-corrected chi connectivity index (χ3v) is 5.53. The van der Waals surface area contributed by atoms with Crippen molar-refractivity contribution in [3.63, 3.8) is 0 Å². The molecule has 0 rings (SSSR count). The lowest BCUT2D eigenvalue weighted by Crippen LogP contribution is -2.24. The lowest BCUT2D eigenvalue weighted by atomic mass is 10.1. The average molecular weight is 489 g/mol. The zero-order valence-electron chi connectivity index (χ0n) is 15.7. The summed E-state index contributed by atoms with van der Waals surface area (Å²) in [7, 11) is -4.37. The average Bonchev–Trinajstić information content (AvgIpc) is 2.57. The number of unbranched alkanes of at least 4 members (excludes halogenated alkanes) is 11. The number of hydrogen-bond acceptors (Lipinski definition) is 3.